The van der Waals surface area contributed by atoms with Gasteiger partial charge in [-0.25, -0.2) is 9.63 Å². The highest BCUT2D eigenvalue weighted by Crippen LogP contribution is 2.52. The second-order valence-electron chi connectivity index (χ2n) is 7.15. The lowest BCUT2D eigenvalue weighted by Crippen LogP contribution is -2.69. The summed E-state index contributed by atoms with van der Waals surface area (Å²) in [5.74, 6) is 0.0416. The fraction of sp³-hybridized carbons (Fsp3) is 0.450. The van der Waals surface area contributed by atoms with Crippen molar-refractivity contribution >= 4 is 39.5 Å². The maximum absolute atomic E-state index is 12.6. The van der Waals surface area contributed by atoms with Gasteiger partial charge in [0, 0.05) is 13.8 Å². The lowest BCUT2D eigenvalue weighted by atomic mass is 9.81. The van der Waals surface area contributed by atoms with Crippen molar-refractivity contribution in [2.75, 3.05) is 21.0 Å². The quantitative estimate of drug-likeness (QED) is 0.336. The van der Waals surface area contributed by atoms with Gasteiger partial charge in [-0.1, -0.05) is 0 Å². The predicted octanol–water partition coefficient (Wildman–Crippen LogP) is 2.16. The third-order valence-corrected chi connectivity index (χ3v) is 5.93. The average molecular weight is 514 g/mol. The number of carbonyl (C=O) groups is 3. The van der Waals surface area contributed by atoms with Gasteiger partial charge in [-0.2, -0.15) is 5.06 Å². The first kappa shape index (κ1) is 22.2. The van der Waals surface area contributed by atoms with Crippen LogP contribution >= 0.6 is 15.9 Å². The Kier molecular flexibility index (Phi) is 5.67. The second-order valence-corrected chi connectivity index (χ2v) is 8.39. The van der Waals surface area contributed by atoms with Crippen molar-refractivity contribution in [2.24, 2.45) is 0 Å². The van der Waals surface area contributed by atoms with Gasteiger partial charge in [-0.3, -0.25) is 9.59 Å². The summed E-state index contributed by atoms with van der Waals surface area (Å²) < 4.78 is 30.6. The standard InChI is InChI=1S/C20H20BrNO10/c1-9(23)30-17-15-12(11-5-13(26-3)16-14(6-11)28-8-29-16)7-20(21,18(17)31-10(2)24)32-22(15)19(25)27-4/h5-7,15,17-18H,8H2,1-4H3/t15?,17-,18-,20?/m0/s1. The first-order valence-electron chi connectivity index (χ1n) is 9.49. The Labute approximate surface area is 191 Å². The Balaban J connectivity index is 1.89. The summed E-state index contributed by atoms with van der Waals surface area (Å²) in [4.78, 5) is 42.1. The van der Waals surface area contributed by atoms with E-state index in [0.717, 1.165) is 5.06 Å². The molecular weight excluding hydrogens is 494 g/mol. The minimum absolute atomic E-state index is 0.0298. The van der Waals surface area contributed by atoms with Crippen molar-refractivity contribution in [3.63, 3.8) is 0 Å². The van der Waals surface area contributed by atoms with E-state index in [-0.39, 0.29) is 6.79 Å². The molecule has 3 heterocycles. The number of esters is 2. The molecule has 1 fully saturated rings. The highest BCUT2D eigenvalue weighted by atomic mass is 79.9. The van der Waals surface area contributed by atoms with Gasteiger partial charge in [-0.05, 0) is 45.3 Å². The Hall–Kier alpha value is -2.99. The number of amides is 1. The molecule has 12 heteroatoms. The maximum Gasteiger partial charge on any atom is 0.434 e. The molecule has 1 aromatic carbocycles. The van der Waals surface area contributed by atoms with E-state index in [2.05, 4.69) is 15.9 Å². The van der Waals surface area contributed by atoms with Crippen LogP contribution in [0.15, 0.2) is 18.2 Å². The van der Waals surface area contributed by atoms with Gasteiger partial charge in [0.1, 0.15) is 6.04 Å². The third-order valence-electron chi connectivity index (χ3n) is 5.10. The predicted molar refractivity (Wildman–Crippen MR) is 109 cm³/mol. The fourth-order valence-electron chi connectivity index (χ4n) is 3.93. The lowest BCUT2D eigenvalue weighted by Gasteiger charge is -2.53. The molecule has 32 heavy (non-hydrogen) atoms. The second kappa shape index (κ2) is 8.17. The highest BCUT2D eigenvalue weighted by molar-refractivity contribution is 9.10. The molecule has 1 saturated heterocycles. The summed E-state index contributed by atoms with van der Waals surface area (Å²) in [6.45, 7) is 2.46. The van der Waals surface area contributed by atoms with Crippen molar-refractivity contribution in [2.45, 2.75) is 36.6 Å². The van der Waals surface area contributed by atoms with Gasteiger partial charge in [-0.15, -0.1) is 0 Å². The van der Waals surface area contributed by atoms with Crippen LogP contribution in [-0.4, -0.2) is 66.9 Å². The monoisotopic (exact) mass is 513 g/mol. The molecule has 0 aromatic heterocycles. The summed E-state index contributed by atoms with van der Waals surface area (Å²) in [6, 6.07) is 2.38. The zero-order valence-electron chi connectivity index (χ0n) is 17.6. The minimum Gasteiger partial charge on any atom is -0.493 e. The SMILES string of the molecule is COC(=O)N1OC2(Br)C=C(c3cc(OC)c4c(c3)OCO4)C1[C@H](OC(C)=O)[C@@H]2OC(C)=O. The van der Waals surface area contributed by atoms with Crippen LogP contribution in [0.2, 0.25) is 0 Å². The molecule has 4 aliphatic rings. The molecular formula is C20H20BrNO10. The molecule has 2 bridgehead atoms. The number of rotatable bonds is 4. The third kappa shape index (κ3) is 3.62. The van der Waals surface area contributed by atoms with Gasteiger partial charge in [0.05, 0.1) is 14.2 Å². The molecule has 0 spiro atoms. The van der Waals surface area contributed by atoms with E-state index in [1.54, 1.807) is 18.2 Å². The van der Waals surface area contributed by atoms with Crippen molar-refractivity contribution in [3.05, 3.63) is 23.8 Å². The van der Waals surface area contributed by atoms with Crippen LogP contribution in [0.1, 0.15) is 19.4 Å². The summed E-state index contributed by atoms with van der Waals surface area (Å²) in [5, 5.41) is 0.939. The molecule has 5 rings (SSSR count). The number of hydroxylamine groups is 2. The molecule has 1 aromatic rings. The fourth-order valence-corrected chi connectivity index (χ4v) is 4.68. The molecule has 3 aliphatic heterocycles. The zero-order chi connectivity index (χ0) is 23.2. The van der Waals surface area contributed by atoms with Crippen molar-refractivity contribution in [3.8, 4) is 17.2 Å². The highest BCUT2D eigenvalue weighted by Gasteiger charge is 2.63. The number of alkyl halides is 1. The average Bonchev–Trinajstić information content (AvgIpc) is 3.22. The maximum atomic E-state index is 12.6. The van der Waals surface area contributed by atoms with Gasteiger partial charge < -0.3 is 28.4 Å². The van der Waals surface area contributed by atoms with Gasteiger partial charge >= 0.3 is 18.0 Å². The van der Waals surface area contributed by atoms with Gasteiger partial charge in [0.25, 0.3) is 0 Å². The van der Waals surface area contributed by atoms with Gasteiger partial charge in [0.15, 0.2) is 23.7 Å². The van der Waals surface area contributed by atoms with E-state index in [9.17, 15) is 14.4 Å². The van der Waals surface area contributed by atoms with E-state index < -0.39 is 40.8 Å². The number of methoxy groups -OCH3 is 2. The van der Waals surface area contributed by atoms with E-state index >= 15 is 0 Å². The number of ether oxygens (including phenoxy) is 6. The lowest BCUT2D eigenvalue weighted by molar-refractivity contribution is -0.285. The zero-order valence-corrected chi connectivity index (χ0v) is 19.2. The Bertz CT molecular complexity index is 1010. The number of benzene rings is 1. The minimum atomic E-state index is -1.54. The molecule has 2 unspecified atom stereocenters. The Morgan fingerprint density at radius 3 is 2.47 bits per heavy atom. The molecule has 0 radical (unpaired) electrons. The molecule has 4 atom stereocenters. The largest absolute Gasteiger partial charge is 0.493 e. The number of fused-ring (bicyclic) bond motifs is 3. The number of carbonyl (C=O) groups excluding carboxylic acids is 3. The van der Waals surface area contributed by atoms with Crippen molar-refractivity contribution in [1.82, 2.24) is 5.06 Å². The first-order chi connectivity index (χ1) is 15.2. The smallest absolute Gasteiger partial charge is 0.434 e. The van der Waals surface area contributed by atoms with Crippen LogP contribution in [0.5, 0.6) is 17.2 Å². The number of halogens is 1. The van der Waals surface area contributed by atoms with Crippen molar-refractivity contribution < 1.29 is 47.6 Å². The van der Waals surface area contributed by atoms with E-state index in [0.29, 0.717) is 28.4 Å². The molecule has 1 amide bonds. The topological polar surface area (TPSA) is 119 Å². The number of hydrogen-bond donors (Lipinski definition) is 0. The Morgan fingerprint density at radius 2 is 1.84 bits per heavy atom. The van der Waals surface area contributed by atoms with Crippen LogP contribution < -0.4 is 14.2 Å². The number of hydrogen-bond acceptors (Lipinski definition) is 10. The van der Waals surface area contributed by atoms with Crippen LogP contribution in [0.25, 0.3) is 5.57 Å². The summed E-state index contributed by atoms with van der Waals surface area (Å²) >= 11 is 3.43. The van der Waals surface area contributed by atoms with E-state index in [1.807, 2.05) is 0 Å². The summed E-state index contributed by atoms with van der Waals surface area (Å²) in [5.41, 5.74) is 1.10. The molecule has 1 aliphatic carbocycles. The van der Waals surface area contributed by atoms with Gasteiger partial charge in [0.2, 0.25) is 17.1 Å². The van der Waals surface area contributed by atoms with E-state index in [4.69, 9.17) is 33.3 Å². The van der Waals surface area contributed by atoms with Crippen LogP contribution in [0.3, 0.4) is 0 Å². The first-order valence-corrected chi connectivity index (χ1v) is 10.3. The molecule has 0 saturated carbocycles. The summed E-state index contributed by atoms with van der Waals surface area (Å²) in [6.07, 6.45) is -1.40. The normalized spacial score (nSPS) is 27.5. The number of nitrogens with zero attached hydrogens (tertiary/aromatic N) is 1. The Morgan fingerprint density at radius 1 is 1.12 bits per heavy atom. The van der Waals surface area contributed by atoms with Crippen LogP contribution in [0.4, 0.5) is 4.79 Å². The molecule has 0 N–H and O–H groups in total. The van der Waals surface area contributed by atoms with Crippen LogP contribution in [-0.2, 0) is 28.6 Å². The summed E-state index contributed by atoms with van der Waals surface area (Å²) in [7, 11) is 2.67. The van der Waals surface area contributed by atoms with Crippen LogP contribution in [0, 0.1) is 0 Å². The molecule has 11 nitrogen and oxygen atoms in total. The molecule has 172 valence electrons. The van der Waals surface area contributed by atoms with E-state index in [1.165, 1.54) is 28.1 Å². The van der Waals surface area contributed by atoms with Crippen molar-refractivity contribution in [1.29, 1.82) is 0 Å².